The molecule has 0 saturated heterocycles. The number of carbonyl (C=O) groups is 1. The van der Waals surface area contributed by atoms with E-state index in [1.165, 1.54) is 12.4 Å². The summed E-state index contributed by atoms with van der Waals surface area (Å²) in [6.45, 7) is 0.505. The highest BCUT2D eigenvalue weighted by Gasteiger charge is 2.08. The van der Waals surface area contributed by atoms with Gasteiger partial charge in [0.15, 0.2) is 0 Å². The molecule has 31 heavy (non-hydrogen) atoms. The molecule has 0 bridgehead atoms. The second-order valence-electron chi connectivity index (χ2n) is 6.51. The third kappa shape index (κ3) is 5.34. The van der Waals surface area contributed by atoms with Gasteiger partial charge in [-0.3, -0.25) is 4.79 Å². The molecule has 0 spiro atoms. The average molecular weight is 432 g/mol. The lowest BCUT2D eigenvalue weighted by atomic mass is 10.2. The largest absolute Gasteiger partial charge is 0.489 e. The fraction of sp³-hybridized carbons (Fsp3) is 0.0435. The summed E-state index contributed by atoms with van der Waals surface area (Å²) in [4.78, 5) is 24.5. The first kappa shape index (κ1) is 20.3. The van der Waals surface area contributed by atoms with Gasteiger partial charge in [-0.15, -0.1) is 0 Å². The van der Waals surface area contributed by atoms with Gasteiger partial charge in [0.1, 0.15) is 30.3 Å². The van der Waals surface area contributed by atoms with Gasteiger partial charge in [-0.2, -0.15) is 0 Å². The van der Waals surface area contributed by atoms with Gasteiger partial charge in [0.25, 0.3) is 0 Å². The van der Waals surface area contributed by atoms with Crippen LogP contribution in [0.2, 0.25) is 0 Å². The third-order valence-corrected chi connectivity index (χ3v) is 4.48. The molecule has 1 amide bonds. The first-order chi connectivity index (χ1) is 15.2. The molecule has 154 valence electrons. The van der Waals surface area contributed by atoms with Crippen molar-refractivity contribution in [3.63, 3.8) is 0 Å². The number of ether oxygens (including phenoxy) is 1. The van der Waals surface area contributed by atoms with Gasteiger partial charge in [-0.25, -0.2) is 15.0 Å². The molecule has 8 heteroatoms. The molecule has 2 N–H and O–H groups in total. The Morgan fingerprint density at radius 1 is 1.03 bits per heavy atom. The van der Waals surface area contributed by atoms with Crippen LogP contribution in [-0.2, 0) is 11.4 Å². The van der Waals surface area contributed by atoms with E-state index in [-0.39, 0.29) is 5.91 Å². The van der Waals surface area contributed by atoms with Gasteiger partial charge < -0.3 is 15.4 Å². The molecule has 2 heterocycles. The van der Waals surface area contributed by atoms with Crippen molar-refractivity contribution in [2.45, 2.75) is 6.61 Å². The number of carbonyl (C=O) groups excluding carboxylic acids is 1. The van der Waals surface area contributed by atoms with E-state index in [9.17, 15) is 4.79 Å². The number of pyridine rings is 1. The lowest BCUT2D eigenvalue weighted by Gasteiger charge is -2.11. The second-order valence-corrected chi connectivity index (χ2v) is 6.77. The number of nitrogens with one attached hydrogen (secondary N) is 2. The molecule has 0 aliphatic heterocycles. The van der Waals surface area contributed by atoms with Crippen LogP contribution in [0, 0.1) is 0 Å². The van der Waals surface area contributed by atoms with Crippen molar-refractivity contribution in [1.82, 2.24) is 15.0 Å². The van der Waals surface area contributed by atoms with Crippen LogP contribution in [0.4, 0.5) is 17.3 Å². The summed E-state index contributed by atoms with van der Waals surface area (Å²) in [5.41, 5.74) is 3.72. The van der Waals surface area contributed by atoms with Gasteiger partial charge in [0, 0.05) is 22.7 Å². The quantitative estimate of drug-likeness (QED) is 0.398. The van der Waals surface area contributed by atoms with E-state index in [0.29, 0.717) is 29.1 Å². The van der Waals surface area contributed by atoms with Crippen molar-refractivity contribution >= 4 is 45.7 Å². The maximum Gasteiger partial charge on any atom is 0.250 e. The lowest BCUT2D eigenvalue weighted by Crippen LogP contribution is -2.09. The molecule has 0 aliphatic carbocycles. The maximum atomic E-state index is 11.7. The lowest BCUT2D eigenvalue weighted by molar-refractivity contribution is -0.111. The van der Waals surface area contributed by atoms with E-state index in [1.54, 1.807) is 12.3 Å². The number of rotatable bonds is 7. The van der Waals surface area contributed by atoms with Crippen molar-refractivity contribution < 1.29 is 9.53 Å². The number of halogens is 1. The molecule has 0 atom stereocenters. The molecule has 2 aromatic heterocycles. The zero-order valence-corrected chi connectivity index (χ0v) is 17.1. The van der Waals surface area contributed by atoms with Gasteiger partial charge in [-0.05, 0) is 35.9 Å². The van der Waals surface area contributed by atoms with Crippen LogP contribution in [0.25, 0.3) is 10.9 Å². The fourth-order valence-corrected chi connectivity index (χ4v) is 2.98. The van der Waals surface area contributed by atoms with Crippen LogP contribution >= 0.6 is 11.6 Å². The average Bonchev–Trinajstić information content (AvgIpc) is 2.80. The molecule has 0 fully saturated rings. The molecule has 4 rings (SSSR count). The molecular weight excluding hydrogens is 414 g/mol. The van der Waals surface area contributed by atoms with Crippen molar-refractivity contribution in [2.75, 3.05) is 10.6 Å². The summed E-state index contributed by atoms with van der Waals surface area (Å²) in [7, 11) is 0. The number of hydrogen-bond acceptors (Lipinski definition) is 6. The highest BCUT2D eigenvalue weighted by atomic mass is 35.5. The Hall–Kier alpha value is -3.97. The fourth-order valence-electron chi connectivity index (χ4n) is 2.86. The van der Waals surface area contributed by atoms with Crippen LogP contribution in [0.1, 0.15) is 5.56 Å². The van der Waals surface area contributed by atoms with E-state index in [2.05, 4.69) is 25.6 Å². The monoisotopic (exact) mass is 431 g/mol. The Kier molecular flexibility index (Phi) is 6.35. The SMILES string of the molecule is O=C(C=CCl)Nc1cc2c(Nc3ccc(OCc4ccccc4)cc3)ncnc2cn1. The number of hydrogen-bond donors (Lipinski definition) is 2. The van der Waals surface area contributed by atoms with Gasteiger partial charge in [-0.1, -0.05) is 41.9 Å². The summed E-state index contributed by atoms with van der Waals surface area (Å²) in [6, 6.07) is 19.3. The second kappa shape index (κ2) is 9.69. The van der Waals surface area contributed by atoms with Gasteiger partial charge >= 0.3 is 0 Å². The van der Waals surface area contributed by atoms with Crippen LogP contribution in [0.15, 0.2) is 84.8 Å². The molecular formula is C23H18ClN5O2. The minimum absolute atomic E-state index is 0.370. The Labute approximate surface area is 183 Å². The van der Waals surface area contributed by atoms with Crippen LogP contribution in [0.5, 0.6) is 5.75 Å². The Morgan fingerprint density at radius 3 is 2.61 bits per heavy atom. The highest BCUT2D eigenvalue weighted by Crippen LogP contribution is 2.26. The first-order valence-corrected chi connectivity index (χ1v) is 9.87. The van der Waals surface area contributed by atoms with Crippen molar-refractivity contribution in [1.29, 1.82) is 0 Å². The highest BCUT2D eigenvalue weighted by molar-refractivity contribution is 6.27. The smallest absolute Gasteiger partial charge is 0.250 e. The molecule has 0 unspecified atom stereocenters. The third-order valence-electron chi connectivity index (χ3n) is 4.35. The Morgan fingerprint density at radius 2 is 1.84 bits per heavy atom. The van der Waals surface area contributed by atoms with E-state index < -0.39 is 0 Å². The molecule has 4 aromatic rings. The van der Waals surface area contributed by atoms with E-state index in [4.69, 9.17) is 16.3 Å². The number of amides is 1. The van der Waals surface area contributed by atoms with Crippen LogP contribution in [-0.4, -0.2) is 20.9 Å². The van der Waals surface area contributed by atoms with Gasteiger partial charge in [0.05, 0.1) is 11.7 Å². The summed E-state index contributed by atoms with van der Waals surface area (Å²) in [5, 5.41) is 6.63. The Balaban J connectivity index is 1.49. The predicted octanol–water partition coefficient (Wildman–Crippen LogP) is 5.04. The molecule has 0 aliphatic rings. The van der Waals surface area contributed by atoms with E-state index in [0.717, 1.165) is 22.5 Å². The minimum Gasteiger partial charge on any atom is -0.489 e. The number of nitrogens with zero attached hydrogens (tertiary/aromatic N) is 3. The van der Waals surface area contributed by atoms with Gasteiger partial charge in [0.2, 0.25) is 5.91 Å². The summed E-state index contributed by atoms with van der Waals surface area (Å²) in [6.07, 6.45) is 4.23. The Bertz CT molecular complexity index is 1210. The maximum absolute atomic E-state index is 11.7. The van der Waals surface area contributed by atoms with Crippen molar-refractivity contribution in [3.05, 3.63) is 90.4 Å². The standard InChI is InChI=1S/C23H18ClN5O2/c24-11-10-22(30)29-21-12-19-20(13-25-21)26-15-27-23(19)28-17-6-8-18(9-7-17)31-14-16-4-2-1-3-5-16/h1-13,15H,14H2,(H,25,29,30)(H,26,27,28). The topological polar surface area (TPSA) is 89.0 Å². The predicted molar refractivity (Wildman–Crippen MR) is 121 cm³/mol. The van der Waals surface area contributed by atoms with Crippen LogP contribution < -0.4 is 15.4 Å². The molecule has 0 saturated carbocycles. The van der Waals surface area contributed by atoms with Crippen LogP contribution in [0.3, 0.4) is 0 Å². The van der Waals surface area contributed by atoms with Crippen molar-refractivity contribution in [2.24, 2.45) is 0 Å². The number of fused-ring (bicyclic) bond motifs is 1. The molecule has 7 nitrogen and oxygen atoms in total. The summed E-state index contributed by atoms with van der Waals surface area (Å²) >= 11 is 5.43. The van der Waals surface area contributed by atoms with E-state index >= 15 is 0 Å². The first-order valence-electron chi connectivity index (χ1n) is 9.43. The zero-order chi connectivity index (χ0) is 21.5. The number of anilines is 3. The summed E-state index contributed by atoms with van der Waals surface area (Å²) < 4.78 is 5.82. The van der Waals surface area contributed by atoms with Crippen molar-refractivity contribution in [3.8, 4) is 5.75 Å². The summed E-state index contributed by atoms with van der Waals surface area (Å²) in [5.74, 6) is 1.35. The number of aromatic nitrogens is 3. The zero-order valence-electron chi connectivity index (χ0n) is 16.3. The molecule has 0 radical (unpaired) electrons. The minimum atomic E-state index is -0.376. The molecule has 2 aromatic carbocycles. The normalized spacial score (nSPS) is 10.9. The number of benzene rings is 2. The van der Waals surface area contributed by atoms with E-state index in [1.807, 2.05) is 54.6 Å².